The standard InChI is InChI=1S/C20H21Cl2N3.C2H6/c1-25-20-7-5-15(13-3-6-18(21)19(22)9-13)16-4-2-12(8-17(16)20)14(10-23)11-24;1-2/h2-4,6,8-11,15,20,23,25H,5,7,24H2,1H3;1-2H3/b14-11+,23-10?;. The zero-order valence-corrected chi connectivity index (χ0v) is 17.5. The van der Waals surface area contributed by atoms with Crippen molar-refractivity contribution in [2.75, 3.05) is 7.05 Å². The van der Waals surface area contributed by atoms with Gasteiger partial charge in [-0.15, -0.1) is 0 Å². The van der Waals surface area contributed by atoms with Crippen molar-refractivity contribution in [1.82, 2.24) is 5.32 Å². The first kappa shape index (κ1) is 21.5. The minimum absolute atomic E-state index is 0.286. The molecule has 3 rings (SSSR count). The molecule has 0 aromatic heterocycles. The summed E-state index contributed by atoms with van der Waals surface area (Å²) in [4.78, 5) is 0. The number of hydrogen-bond donors (Lipinski definition) is 3. The molecule has 5 heteroatoms. The van der Waals surface area contributed by atoms with Crippen LogP contribution in [0.4, 0.5) is 0 Å². The molecule has 2 unspecified atom stereocenters. The molecule has 0 bridgehead atoms. The van der Waals surface area contributed by atoms with Gasteiger partial charge in [-0.05, 0) is 60.3 Å². The lowest BCUT2D eigenvalue weighted by atomic mass is 9.76. The minimum atomic E-state index is 0.286. The Hall–Kier alpha value is -1.81. The molecule has 0 radical (unpaired) electrons. The number of benzene rings is 2. The lowest BCUT2D eigenvalue weighted by Gasteiger charge is -2.32. The Labute approximate surface area is 172 Å². The molecule has 4 N–H and O–H groups in total. The Kier molecular flexibility index (Phi) is 7.91. The molecule has 0 spiro atoms. The molecular weight excluding hydrogens is 377 g/mol. The van der Waals surface area contributed by atoms with Crippen molar-refractivity contribution in [1.29, 1.82) is 5.41 Å². The zero-order valence-electron chi connectivity index (χ0n) is 16.0. The molecule has 3 nitrogen and oxygen atoms in total. The van der Waals surface area contributed by atoms with Crippen LogP contribution in [0.25, 0.3) is 5.57 Å². The predicted octanol–water partition coefficient (Wildman–Crippen LogP) is 6.15. The largest absolute Gasteiger partial charge is 0.404 e. The molecule has 0 saturated carbocycles. The second-order valence-corrected chi connectivity index (χ2v) is 7.07. The number of fused-ring (bicyclic) bond motifs is 1. The highest BCUT2D eigenvalue weighted by Crippen LogP contribution is 2.43. The van der Waals surface area contributed by atoms with Gasteiger partial charge < -0.3 is 16.5 Å². The third-order valence-corrected chi connectivity index (χ3v) is 5.68. The van der Waals surface area contributed by atoms with Gasteiger partial charge >= 0.3 is 0 Å². The highest BCUT2D eigenvalue weighted by Gasteiger charge is 2.28. The summed E-state index contributed by atoms with van der Waals surface area (Å²) in [7, 11) is 1.98. The summed E-state index contributed by atoms with van der Waals surface area (Å²) in [6.07, 6.45) is 4.84. The summed E-state index contributed by atoms with van der Waals surface area (Å²) in [6, 6.07) is 12.5. The van der Waals surface area contributed by atoms with E-state index in [2.05, 4.69) is 23.5 Å². The predicted molar refractivity (Wildman–Crippen MR) is 118 cm³/mol. The maximum atomic E-state index is 7.53. The van der Waals surface area contributed by atoms with Gasteiger partial charge in [0.1, 0.15) is 0 Å². The van der Waals surface area contributed by atoms with E-state index in [0.717, 1.165) is 18.4 Å². The topological polar surface area (TPSA) is 61.9 Å². The Morgan fingerprint density at radius 1 is 1.07 bits per heavy atom. The van der Waals surface area contributed by atoms with E-state index in [-0.39, 0.29) is 5.92 Å². The Morgan fingerprint density at radius 3 is 2.41 bits per heavy atom. The molecule has 0 aliphatic heterocycles. The van der Waals surface area contributed by atoms with E-state index in [0.29, 0.717) is 21.7 Å². The van der Waals surface area contributed by atoms with Crippen molar-refractivity contribution in [3.05, 3.63) is 74.9 Å². The summed E-state index contributed by atoms with van der Waals surface area (Å²) < 4.78 is 0. The van der Waals surface area contributed by atoms with Gasteiger partial charge in [-0.1, -0.05) is 55.2 Å². The normalized spacial score (nSPS) is 18.9. The molecule has 0 heterocycles. The van der Waals surface area contributed by atoms with Gasteiger partial charge in [-0.25, -0.2) is 0 Å². The van der Waals surface area contributed by atoms with Crippen LogP contribution in [0, 0.1) is 5.41 Å². The fraction of sp³-hybridized carbons (Fsp3) is 0.318. The SMILES string of the molecule is CC.CNC1CCC(c2ccc(Cl)c(Cl)c2)c2ccc(/C(C=N)=C/N)cc21. The molecule has 0 amide bonds. The van der Waals surface area contributed by atoms with E-state index in [4.69, 9.17) is 34.3 Å². The number of nitrogens with two attached hydrogens (primary N) is 1. The van der Waals surface area contributed by atoms with Crippen LogP contribution in [-0.4, -0.2) is 13.3 Å². The molecule has 1 aliphatic carbocycles. The number of hydrogen-bond acceptors (Lipinski definition) is 3. The van der Waals surface area contributed by atoms with Gasteiger partial charge in [-0.2, -0.15) is 0 Å². The van der Waals surface area contributed by atoms with E-state index >= 15 is 0 Å². The van der Waals surface area contributed by atoms with Crippen LogP contribution in [0.15, 0.2) is 42.6 Å². The molecule has 2 aromatic carbocycles. The fourth-order valence-electron chi connectivity index (χ4n) is 3.62. The van der Waals surface area contributed by atoms with Crippen molar-refractivity contribution >= 4 is 35.0 Å². The smallest absolute Gasteiger partial charge is 0.0595 e. The van der Waals surface area contributed by atoms with Crippen LogP contribution in [0.1, 0.15) is 60.9 Å². The average molecular weight is 404 g/mol. The molecule has 2 atom stereocenters. The third kappa shape index (κ3) is 4.55. The summed E-state index contributed by atoms with van der Waals surface area (Å²) in [5.41, 5.74) is 11.1. The van der Waals surface area contributed by atoms with Crippen LogP contribution in [0.5, 0.6) is 0 Å². The quantitative estimate of drug-likeness (QED) is 0.535. The molecule has 0 fully saturated rings. The second-order valence-electron chi connectivity index (χ2n) is 6.25. The van der Waals surface area contributed by atoms with Crippen molar-refractivity contribution in [2.45, 2.75) is 38.6 Å². The maximum absolute atomic E-state index is 7.53. The molecule has 27 heavy (non-hydrogen) atoms. The number of rotatable bonds is 4. The number of halogens is 2. The molecule has 1 aliphatic rings. The molecule has 0 saturated heterocycles. The maximum Gasteiger partial charge on any atom is 0.0595 e. The van der Waals surface area contributed by atoms with Crippen molar-refractivity contribution in [2.24, 2.45) is 5.73 Å². The van der Waals surface area contributed by atoms with E-state index in [1.54, 1.807) is 0 Å². The lowest BCUT2D eigenvalue weighted by Crippen LogP contribution is -2.24. The van der Waals surface area contributed by atoms with Gasteiger partial charge in [0.05, 0.1) is 10.0 Å². The molecule has 144 valence electrons. The van der Waals surface area contributed by atoms with E-state index in [1.165, 1.54) is 29.1 Å². The van der Waals surface area contributed by atoms with E-state index in [1.807, 2.05) is 39.1 Å². The highest BCUT2D eigenvalue weighted by molar-refractivity contribution is 6.42. The molecular formula is C22H27Cl2N3. The Balaban J connectivity index is 0.00000126. The Morgan fingerprint density at radius 2 is 1.81 bits per heavy atom. The summed E-state index contributed by atoms with van der Waals surface area (Å²) in [5.74, 6) is 0.286. The van der Waals surface area contributed by atoms with Gasteiger partial charge in [0.25, 0.3) is 0 Å². The van der Waals surface area contributed by atoms with Crippen molar-refractivity contribution < 1.29 is 0 Å². The van der Waals surface area contributed by atoms with Crippen LogP contribution in [-0.2, 0) is 0 Å². The van der Waals surface area contributed by atoms with Crippen molar-refractivity contribution in [3.8, 4) is 0 Å². The van der Waals surface area contributed by atoms with Gasteiger partial charge in [-0.3, -0.25) is 0 Å². The van der Waals surface area contributed by atoms with Gasteiger partial charge in [0.2, 0.25) is 0 Å². The first-order valence-electron chi connectivity index (χ1n) is 9.27. The van der Waals surface area contributed by atoms with Crippen LogP contribution in [0.2, 0.25) is 10.0 Å². The second kappa shape index (κ2) is 9.93. The summed E-state index contributed by atoms with van der Waals surface area (Å²) in [5, 5.41) is 12.1. The first-order chi connectivity index (χ1) is 13.1. The molecule has 2 aromatic rings. The van der Waals surface area contributed by atoms with E-state index in [9.17, 15) is 0 Å². The number of allylic oxidation sites excluding steroid dienone is 1. The van der Waals surface area contributed by atoms with Crippen LogP contribution in [0.3, 0.4) is 0 Å². The van der Waals surface area contributed by atoms with Crippen LogP contribution < -0.4 is 11.1 Å². The average Bonchev–Trinajstić information content (AvgIpc) is 2.71. The lowest BCUT2D eigenvalue weighted by molar-refractivity contribution is 0.470. The number of nitrogens with one attached hydrogen (secondary N) is 2. The minimum Gasteiger partial charge on any atom is -0.404 e. The zero-order chi connectivity index (χ0) is 20.0. The summed E-state index contributed by atoms with van der Waals surface area (Å²) in [6.45, 7) is 4.00. The van der Waals surface area contributed by atoms with Gasteiger partial charge in [0, 0.05) is 29.9 Å². The van der Waals surface area contributed by atoms with Crippen LogP contribution >= 0.6 is 23.2 Å². The Bertz CT molecular complexity index is 830. The first-order valence-corrected chi connectivity index (χ1v) is 10.0. The highest BCUT2D eigenvalue weighted by atomic mass is 35.5. The van der Waals surface area contributed by atoms with Gasteiger partial charge in [0.15, 0.2) is 0 Å². The summed E-state index contributed by atoms with van der Waals surface area (Å²) >= 11 is 12.3. The van der Waals surface area contributed by atoms with Crippen molar-refractivity contribution in [3.63, 3.8) is 0 Å². The van der Waals surface area contributed by atoms with E-state index < -0.39 is 0 Å². The third-order valence-electron chi connectivity index (χ3n) is 4.94. The fourth-order valence-corrected chi connectivity index (χ4v) is 3.93. The monoisotopic (exact) mass is 403 g/mol.